The average Bonchev–Trinajstić information content (AvgIpc) is 3.41. The van der Waals surface area contributed by atoms with Crippen LogP contribution in [0.4, 0.5) is 10.5 Å². The van der Waals surface area contributed by atoms with Crippen LogP contribution in [0.25, 0.3) is 0 Å². The van der Waals surface area contributed by atoms with E-state index in [-0.39, 0.29) is 0 Å². The molecular formula is C23H29N3O2S. The summed E-state index contributed by atoms with van der Waals surface area (Å²) in [6, 6.07) is 12.3. The van der Waals surface area contributed by atoms with Gasteiger partial charge in [0.25, 0.3) is 0 Å². The predicted molar refractivity (Wildman–Crippen MR) is 119 cm³/mol. The van der Waals surface area contributed by atoms with Gasteiger partial charge in [-0.2, -0.15) is 0 Å². The second kappa shape index (κ2) is 11.1. The summed E-state index contributed by atoms with van der Waals surface area (Å²) in [7, 11) is 1.71. The van der Waals surface area contributed by atoms with Gasteiger partial charge in [0.15, 0.2) is 0 Å². The highest BCUT2D eigenvalue weighted by molar-refractivity contribution is 7.47. The van der Waals surface area contributed by atoms with Gasteiger partial charge in [-0.3, -0.25) is 0 Å². The first kappa shape index (κ1) is 21.6. The molecule has 5 nitrogen and oxygen atoms in total. The summed E-state index contributed by atoms with van der Waals surface area (Å²) in [6.45, 7) is 2.60. The van der Waals surface area contributed by atoms with Crippen molar-refractivity contribution in [3.63, 3.8) is 0 Å². The Bertz CT molecular complexity index is 808. The van der Waals surface area contributed by atoms with E-state index in [1.165, 1.54) is 40.7 Å². The van der Waals surface area contributed by atoms with Crippen LogP contribution in [0.5, 0.6) is 0 Å². The lowest BCUT2D eigenvalue weighted by molar-refractivity contribution is 0.199. The van der Waals surface area contributed by atoms with Crippen molar-refractivity contribution in [2.24, 2.45) is 4.36 Å². The average molecular weight is 412 g/mol. The molecule has 0 saturated heterocycles. The van der Waals surface area contributed by atoms with Crippen LogP contribution in [0.15, 0.2) is 40.8 Å². The lowest BCUT2D eigenvalue weighted by atomic mass is 9.99. The molecule has 2 aliphatic carbocycles. The van der Waals surface area contributed by atoms with E-state index in [0.717, 1.165) is 51.1 Å². The molecule has 6 heteroatoms. The Morgan fingerprint density at radius 2 is 1.72 bits per heavy atom. The number of benzene rings is 2. The van der Waals surface area contributed by atoms with E-state index in [1.807, 2.05) is 18.2 Å². The van der Waals surface area contributed by atoms with E-state index < -0.39 is 6.03 Å². The number of amides is 2. The molecule has 0 bridgehead atoms. The summed E-state index contributed by atoms with van der Waals surface area (Å²) in [5.74, 6) is 0. The van der Waals surface area contributed by atoms with Crippen LogP contribution in [0.3, 0.4) is 0 Å². The van der Waals surface area contributed by atoms with Gasteiger partial charge in [-0.1, -0.05) is 36.4 Å². The molecule has 2 aliphatic rings. The molecular weight excluding hydrogens is 382 g/mol. The van der Waals surface area contributed by atoms with E-state index in [9.17, 15) is 4.79 Å². The number of ether oxygens (including phenoxy) is 1. The van der Waals surface area contributed by atoms with E-state index >= 15 is 0 Å². The Balaban J connectivity index is 0.000000177. The molecule has 2 aromatic carbocycles. The highest BCUT2D eigenvalue weighted by atomic mass is 32.1. The maximum absolute atomic E-state index is 11.4. The van der Waals surface area contributed by atoms with Gasteiger partial charge in [0.05, 0.1) is 6.61 Å². The Hall–Kier alpha value is -2.15. The minimum atomic E-state index is -0.408. The third-order valence-electron chi connectivity index (χ3n) is 5.44. The van der Waals surface area contributed by atoms with Gasteiger partial charge in [0, 0.05) is 38.3 Å². The van der Waals surface area contributed by atoms with Crippen LogP contribution >= 0.6 is 0 Å². The normalized spacial score (nSPS) is 13.8. The van der Waals surface area contributed by atoms with E-state index in [1.54, 1.807) is 7.11 Å². The molecule has 0 aliphatic heterocycles. The number of carbonyl (C=O) groups excluding carboxylic acids is 1. The van der Waals surface area contributed by atoms with Crippen molar-refractivity contribution in [2.45, 2.75) is 45.1 Å². The van der Waals surface area contributed by atoms with Gasteiger partial charge in [-0.05, 0) is 66.3 Å². The number of methoxy groups -OCH3 is 1. The zero-order chi connectivity index (χ0) is 20.5. The standard InChI is InChI=1S/C13H14N2OS.C10H15NO/c16-13(15-17)14-12-10-5-1-3-8(10)7-9-4-2-6-11(9)12;1-12-8-7-11-9-10-5-3-2-4-6-10/h7H,1-6H2,(H,14,16);2-6,11H,7-9H2,1H3. The molecule has 29 heavy (non-hydrogen) atoms. The van der Waals surface area contributed by atoms with Crippen molar-refractivity contribution in [1.29, 1.82) is 0 Å². The highest BCUT2D eigenvalue weighted by Crippen LogP contribution is 2.38. The van der Waals surface area contributed by atoms with Gasteiger partial charge in [0.2, 0.25) is 0 Å². The highest BCUT2D eigenvalue weighted by Gasteiger charge is 2.24. The Kier molecular flexibility index (Phi) is 8.28. The molecule has 2 N–H and O–H groups in total. The molecule has 0 heterocycles. The van der Waals surface area contributed by atoms with Gasteiger partial charge < -0.3 is 15.4 Å². The zero-order valence-electron chi connectivity index (χ0n) is 17.0. The Morgan fingerprint density at radius 1 is 1.07 bits per heavy atom. The number of rotatable bonds is 6. The number of nitrogens with zero attached hydrogens (tertiary/aromatic N) is 1. The summed E-state index contributed by atoms with van der Waals surface area (Å²) in [6.07, 6.45) is 6.77. The molecule has 2 aromatic rings. The van der Waals surface area contributed by atoms with Crippen LogP contribution in [-0.2, 0) is 49.4 Å². The first-order chi connectivity index (χ1) is 14.2. The topological polar surface area (TPSA) is 62.7 Å². The fourth-order valence-corrected chi connectivity index (χ4v) is 4.15. The van der Waals surface area contributed by atoms with Crippen LogP contribution in [0, 0.1) is 0 Å². The molecule has 154 valence electrons. The number of fused-ring (bicyclic) bond motifs is 2. The van der Waals surface area contributed by atoms with Gasteiger partial charge in [0.1, 0.15) is 0 Å². The second-order valence-corrected chi connectivity index (χ2v) is 7.59. The van der Waals surface area contributed by atoms with E-state index in [2.05, 4.69) is 45.6 Å². The lowest BCUT2D eigenvalue weighted by Crippen LogP contribution is -2.18. The number of hydrogen-bond acceptors (Lipinski definition) is 4. The SMILES string of the molecule is COCCNCc1ccccc1.O=C(N=S)Nc1c2c(cc3c1CCC3)CCC2. The van der Waals surface area contributed by atoms with Gasteiger partial charge in [-0.25, -0.2) is 4.79 Å². The Morgan fingerprint density at radius 3 is 2.31 bits per heavy atom. The molecule has 0 spiro atoms. The van der Waals surface area contributed by atoms with Crippen LogP contribution in [0.2, 0.25) is 0 Å². The molecule has 0 saturated carbocycles. The van der Waals surface area contributed by atoms with Crippen LogP contribution in [0.1, 0.15) is 40.7 Å². The zero-order valence-corrected chi connectivity index (χ0v) is 17.8. The number of nitrogens with one attached hydrogen (secondary N) is 2. The van der Waals surface area contributed by atoms with Crippen LogP contribution in [-0.4, -0.2) is 26.3 Å². The number of aryl methyl sites for hydroxylation is 2. The summed E-state index contributed by atoms with van der Waals surface area (Å²) in [4.78, 5) is 11.4. The molecule has 2 amide bonds. The maximum atomic E-state index is 11.4. The quantitative estimate of drug-likeness (QED) is 0.694. The Labute approximate surface area is 178 Å². The molecule has 0 fully saturated rings. The fourth-order valence-electron chi connectivity index (χ4n) is 4.10. The van der Waals surface area contributed by atoms with Crippen molar-refractivity contribution < 1.29 is 9.53 Å². The molecule has 0 unspecified atom stereocenters. The number of anilines is 1. The van der Waals surface area contributed by atoms with E-state index in [4.69, 9.17) is 4.74 Å². The number of carbonyl (C=O) groups is 1. The van der Waals surface area contributed by atoms with Gasteiger partial charge in [-0.15, -0.1) is 4.36 Å². The van der Waals surface area contributed by atoms with Crippen molar-refractivity contribution >= 4 is 24.1 Å². The first-order valence-electron chi connectivity index (χ1n) is 10.3. The summed E-state index contributed by atoms with van der Waals surface area (Å²) in [5, 5.41) is 6.16. The predicted octanol–water partition coefficient (Wildman–Crippen LogP) is 4.35. The summed E-state index contributed by atoms with van der Waals surface area (Å²) in [5.41, 5.74) is 7.78. The molecule has 0 radical (unpaired) electrons. The van der Waals surface area contributed by atoms with Crippen molar-refractivity contribution in [3.05, 3.63) is 64.2 Å². The third kappa shape index (κ3) is 5.92. The minimum Gasteiger partial charge on any atom is -0.383 e. The summed E-state index contributed by atoms with van der Waals surface area (Å²) < 4.78 is 8.19. The number of urea groups is 1. The first-order valence-corrected chi connectivity index (χ1v) is 10.6. The van der Waals surface area contributed by atoms with Crippen LogP contribution < -0.4 is 10.6 Å². The minimum absolute atomic E-state index is 0.408. The monoisotopic (exact) mass is 411 g/mol. The van der Waals surface area contributed by atoms with E-state index in [0.29, 0.717) is 0 Å². The molecule has 4 rings (SSSR count). The molecule has 0 aromatic heterocycles. The maximum Gasteiger partial charge on any atom is 0.356 e. The van der Waals surface area contributed by atoms with Crippen molar-refractivity contribution in [2.75, 3.05) is 25.6 Å². The summed E-state index contributed by atoms with van der Waals surface area (Å²) >= 11 is 4.44. The van der Waals surface area contributed by atoms with Crippen molar-refractivity contribution in [1.82, 2.24) is 5.32 Å². The van der Waals surface area contributed by atoms with Gasteiger partial charge >= 0.3 is 6.03 Å². The smallest absolute Gasteiger partial charge is 0.356 e. The second-order valence-electron chi connectivity index (χ2n) is 7.41. The lowest BCUT2D eigenvalue weighted by Gasteiger charge is -2.14. The largest absolute Gasteiger partial charge is 0.383 e. The number of hydrogen-bond donors (Lipinski definition) is 2. The third-order valence-corrected chi connectivity index (χ3v) is 5.61. The fraction of sp³-hybridized carbons (Fsp3) is 0.435. The molecule has 0 atom stereocenters. The van der Waals surface area contributed by atoms with Crippen molar-refractivity contribution in [3.8, 4) is 0 Å².